The van der Waals surface area contributed by atoms with Gasteiger partial charge in [0, 0.05) is 10.6 Å². The van der Waals surface area contributed by atoms with Crippen LogP contribution in [0.15, 0.2) is 35.2 Å². The van der Waals surface area contributed by atoms with Gasteiger partial charge >= 0.3 is 6.18 Å². The molecule has 0 radical (unpaired) electrons. The first-order valence-electron chi connectivity index (χ1n) is 3.93. The van der Waals surface area contributed by atoms with Gasteiger partial charge in [0.1, 0.15) is 0 Å². The van der Waals surface area contributed by atoms with E-state index in [9.17, 15) is 13.2 Å². The summed E-state index contributed by atoms with van der Waals surface area (Å²) < 4.78 is 35.7. The van der Waals surface area contributed by atoms with Crippen molar-refractivity contribution in [1.82, 2.24) is 0 Å². The van der Waals surface area contributed by atoms with Crippen molar-refractivity contribution in [2.24, 2.45) is 0 Å². The molecule has 0 aliphatic carbocycles. The number of aliphatic hydroxyl groups excluding tert-OH is 1. The third-order valence-electron chi connectivity index (χ3n) is 1.53. The summed E-state index contributed by atoms with van der Waals surface area (Å²) >= 11 is 0.985. The standard InChI is InChI=1S/C9H9F3OS/c10-9(11,12)8(13)6-14-7-4-2-1-3-5-7/h1-5,8,13H,6H2/t8-/m1/s1. The van der Waals surface area contributed by atoms with Crippen LogP contribution >= 0.6 is 11.8 Å². The third-order valence-corrected chi connectivity index (χ3v) is 2.62. The van der Waals surface area contributed by atoms with Crippen LogP contribution in [0, 0.1) is 0 Å². The molecule has 1 rings (SSSR count). The van der Waals surface area contributed by atoms with Crippen LogP contribution in [0.25, 0.3) is 0 Å². The number of hydrogen-bond acceptors (Lipinski definition) is 2. The Labute approximate surface area is 83.9 Å². The predicted octanol–water partition coefficient (Wildman–Crippen LogP) is 2.70. The summed E-state index contributed by atoms with van der Waals surface area (Å²) in [6.07, 6.45) is -6.78. The average Bonchev–Trinajstić information content (AvgIpc) is 2.14. The summed E-state index contributed by atoms with van der Waals surface area (Å²) in [6, 6.07) is 8.66. The molecule has 0 aliphatic heterocycles. The molecule has 0 amide bonds. The van der Waals surface area contributed by atoms with Crippen LogP contribution < -0.4 is 0 Å². The smallest absolute Gasteiger partial charge is 0.383 e. The molecule has 1 nitrogen and oxygen atoms in total. The van der Waals surface area contributed by atoms with Crippen LogP contribution in [0.5, 0.6) is 0 Å². The van der Waals surface area contributed by atoms with Crippen molar-refractivity contribution in [3.63, 3.8) is 0 Å². The van der Waals surface area contributed by atoms with Crippen molar-refractivity contribution >= 4 is 11.8 Å². The highest BCUT2D eigenvalue weighted by atomic mass is 32.2. The third kappa shape index (κ3) is 3.59. The minimum Gasteiger partial charge on any atom is -0.383 e. The van der Waals surface area contributed by atoms with Gasteiger partial charge in [-0.05, 0) is 12.1 Å². The average molecular weight is 222 g/mol. The lowest BCUT2D eigenvalue weighted by Gasteiger charge is -2.13. The SMILES string of the molecule is O[C@H](CSc1ccccc1)C(F)(F)F. The summed E-state index contributed by atoms with van der Waals surface area (Å²) in [5, 5.41) is 8.70. The Kier molecular flexibility index (Phi) is 3.83. The molecule has 0 spiro atoms. The molecule has 1 N–H and O–H groups in total. The highest BCUT2D eigenvalue weighted by Crippen LogP contribution is 2.26. The van der Waals surface area contributed by atoms with Gasteiger partial charge in [-0.25, -0.2) is 0 Å². The Bertz CT molecular complexity index is 273. The van der Waals surface area contributed by atoms with E-state index in [1.807, 2.05) is 0 Å². The van der Waals surface area contributed by atoms with E-state index in [0.717, 1.165) is 16.7 Å². The normalized spacial score (nSPS) is 14.0. The zero-order valence-corrected chi connectivity index (χ0v) is 7.98. The lowest BCUT2D eigenvalue weighted by Crippen LogP contribution is -2.30. The fourth-order valence-corrected chi connectivity index (χ4v) is 1.68. The van der Waals surface area contributed by atoms with Crippen LogP contribution in [0.3, 0.4) is 0 Å². The lowest BCUT2D eigenvalue weighted by atomic mass is 10.4. The molecule has 1 aromatic carbocycles. The van der Waals surface area contributed by atoms with E-state index >= 15 is 0 Å². The quantitative estimate of drug-likeness (QED) is 0.793. The van der Waals surface area contributed by atoms with E-state index in [2.05, 4.69) is 0 Å². The number of thioether (sulfide) groups is 1. The Morgan fingerprint density at radius 3 is 2.29 bits per heavy atom. The minimum absolute atomic E-state index is 0.368. The molecule has 0 heterocycles. The Balaban J connectivity index is 2.42. The first-order valence-corrected chi connectivity index (χ1v) is 4.91. The first kappa shape index (κ1) is 11.4. The molecular weight excluding hydrogens is 213 g/mol. The fourth-order valence-electron chi connectivity index (χ4n) is 0.786. The van der Waals surface area contributed by atoms with E-state index in [0.29, 0.717) is 0 Å². The number of hydrogen-bond donors (Lipinski definition) is 1. The molecule has 0 bridgehead atoms. The molecule has 0 saturated carbocycles. The molecule has 0 saturated heterocycles. The second kappa shape index (κ2) is 4.70. The fraction of sp³-hybridized carbons (Fsp3) is 0.333. The molecule has 14 heavy (non-hydrogen) atoms. The van der Waals surface area contributed by atoms with Gasteiger partial charge in [0.25, 0.3) is 0 Å². The molecule has 78 valence electrons. The van der Waals surface area contributed by atoms with Crippen LogP contribution in [0.4, 0.5) is 13.2 Å². The highest BCUT2D eigenvalue weighted by Gasteiger charge is 2.37. The van der Waals surface area contributed by atoms with Crippen molar-refractivity contribution in [3.8, 4) is 0 Å². The summed E-state index contributed by atoms with van der Waals surface area (Å²) in [5.41, 5.74) is 0. The van der Waals surface area contributed by atoms with Gasteiger partial charge in [-0.2, -0.15) is 13.2 Å². The number of halogens is 3. The summed E-state index contributed by atoms with van der Waals surface area (Å²) in [7, 11) is 0. The number of alkyl halides is 3. The number of rotatable bonds is 3. The van der Waals surface area contributed by atoms with Crippen molar-refractivity contribution < 1.29 is 18.3 Å². The Morgan fingerprint density at radius 2 is 1.79 bits per heavy atom. The van der Waals surface area contributed by atoms with Gasteiger partial charge in [-0.3, -0.25) is 0 Å². The second-order valence-corrected chi connectivity index (χ2v) is 3.77. The molecule has 1 atom stereocenters. The minimum atomic E-state index is -4.53. The molecule has 5 heteroatoms. The summed E-state index contributed by atoms with van der Waals surface area (Å²) in [4.78, 5) is 0.718. The maximum absolute atomic E-state index is 11.9. The van der Waals surface area contributed by atoms with Gasteiger partial charge in [-0.15, -0.1) is 11.8 Å². The van der Waals surface area contributed by atoms with E-state index in [4.69, 9.17) is 5.11 Å². The van der Waals surface area contributed by atoms with E-state index in [1.54, 1.807) is 30.3 Å². The molecule has 1 aromatic rings. The van der Waals surface area contributed by atoms with Crippen molar-refractivity contribution in [2.75, 3.05) is 5.75 Å². The number of aliphatic hydroxyl groups is 1. The topological polar surface area (TPSA) is 20.2 Å². The molecule has 0 fully saturated rings. The lowest BCUT2D eigenvalue weighted by molar-refractivity contribution is -0.195. The molecule has 0 aliphatic rings. The summed E-state index contributed by atoms with van der Waals surface area (Å²) in [5.74, 6) is -0.368. The van der Waals surface area contributed by atoms with Crippen LogP contribution in [0.2, 0.25) is 0 Å². The van der Waals surface area contributed by atoms with E-state index < -0.39 is 12.3 Å². The Hall–Kier alpha value is -0.680. The van der Waals surface area contributed by atoms with Crippen molar-refractivity contribution in [3.05, 3.63) is 30.3 Å². The number of benzene rings is 1. The van der Waals surface area contributed by atoms with E-state index in [-0.39, 0.29) is 5.75 Å². The van der Waals surface area contributed by atoms with Crippen LogP contribution in [0.1, 0.15) is 0 Å². The zero-order valence-electron chi connectivity index (χ0n) is 7.16. The zero-order chi connectivity index (χ0) is 10.6. The first-order chi connectivity index (χ1) is 6.50. The summed E-state index contributed by atoms with van der Waals surface area (Å²) in [6.45, 7) is 0. The largest absolute Gasteiger partial charge is 0.415 e. The van der Waals surface area contributed by atoms with Gasteiger partial charge in [0.15, 0.2) is 6.10 Å². The predicted molar refractivity (Wildman–Crippen MR) is 49.2 cm³/mol. The molecule has 0 unspecified atom stereocenters. The Morgan fingerprint density at radius 1 is 1.21 bits per heavy atom. The van der Waals surface area contributed by atoms with Gasteiger partial charge in [0.05, 0.1) is 0 Å². The van der Waals surface area contributed by atoms with Crippen molar-refractivity contribution in [2.45, 2.75) is 17.2 Å². The second-order valence-electron chi connectivity index (χ2n) is 2.68. The van der Waals surface area contributed by atoms with Gasteiger partial charge in [0.2, 0.25) is 0 Å². The van der Waals surface area contributed by atoms with Crippen LogP contribution in [-0.2, 0) is 0 Å². The van der Waals surface area contributed by atoms with Gasteiger partial charge < -0.3 is 5.11 Å². The molecule has 0 aromatic heterocycles. The highest BCUT2D eigenvalue weighted by molar-refractivity contribution is 7.99. The molecular formula is C9H9F3OS. The van der Waals surface area contributed by atoms with Gasteiger partial charge in [-0.1, -0.05) is 18.2 Å². The monoisotopic (exact) mass is 222 g/mol. The van der Waals surface area contributed by atoms with Crippen LogP contribution in [-0.4, -0.2) is 23.1 Å². The maximum atomic E-state index is 11.9. The maximum Gasteiger partial charge on any atom is 0.415 e. The van der Waals surface area contributed by atoms with E-state index in [1.165, 1.54) is 0 Å². The van der Waals surface area contributed by atoms with Crippen molar-refractivity contribution in [1.29, 1.82) is 0 Å².